The van der Waals surface area contributed by atoms with Crippen LogP contribution in [0.4, 0.5) is 14.8 Å². The van der Waals surface area contributed by atoms with Crippen LogP contribution in [0.3, 0.4) is 0 Å². The van der Waals surface area contributed by atoms with E-state index in [1.807, 2.05) is 0 Å². The third-order valence-electron chi connectivity index (χ3n) is 3.17. The van der Waals surface area contributed by atoms with Crippen molar-refractivity contribution in [2.24, 2.45) is 0 Å². The summed E-state index contributed by atoms with van der Waals surface area (Å²) >= 11 is 1.26. The lowest BCUT2D eigenvalue weighted by atomic mass is 10.1. The molecule has 128 valence electrons. The number of halogens is 2. The van der Waals surface area contributed by atoms with Crippen molar-refractivity contribution in [1.82, 2.24) is 10.2 Å². The van der Waals surface area contributed by atoms with Crippen molar-refractivity contribution in [3.63, 3.8) is 0 Å². The molecule has 0 unspecified atom stereocenters. The normalized spacial score (nSPS) is 10.6. The summed E-state index contributed by atoms with van der Waals surface area (Å²) < 4.78 is 31.0. The smallest absolute Gasteiger partial charge is 0.322 e. The van der Waals surface area contributed by atoms with Gasteiger partial charge in [0.15, 0.2) is 0 Å². The average molecular weight is 361 g/mol. The van der Waals surface area contributed by atoms with E-state index >= 15 is 0 Å². The Morgan fingerprint density at radius 3 is 2.32 bits per heavy atom. The second-order valence-corrected chi connectivity index (χ2v) is 6.14. The zero-order valence-electron chi connectivity index (χ0n) is 12.9. The summed E-state index contributed by atoms with van der Waals surface area (Å²) in [5.74, 6) is -0.518. The van der Waals surface area contributed by atoms with Crippen LogP contribution in [0.15, 0.2) is 57.8 Å². The molecule has 3 aromatic rings. The minimum Gasteiger partial charge on any atom is -0.407 e. The van der Waals surface area contributed by atoms with Gasteiger partial charge in [-0.3, -0.25) is 10.1 Å². The summed E-state index contributed by atoms with van der Waals surface area (Å²) in [5.41, 5.74) is 0.815. The van der Waals surface area contributed by atoms with Crippen molar-refractivity contribution in [1.29, 1.82) is 0 Å². The molecule has 1 aromatic heterocycles. The number of hydrogen-bond acceptors (Lipinski definition) is 5. The summed E-state index contributed by atoms with van der Waals surface area (Å²) in [4.78, 5) is 12.7. The SMILES string of the molecule is O=C(CSc1ccc(F)cc1)Nc1nnc(Cc2ccc(F)cc2)o1. The van der Waals surface area contributed by atoms with Crippen molar-refractivity contribution in [2.45, 2.75) is 11.3 Å². The number of rotatable bonds is 6. The first-order valence-corrected chi connectivity index (χ1v) is 8.32. The van der Waals surface area contributed by atoms with Gasteiger partial charge in [0, 0.05) is 4.90 Å². The van der Waals surface area contributed by atoms with E-state index in [4.69, 9.17) is 4.42 Å². The lowest BCUT2D eigenvalue weighted by molar-refractivity contribution is -0.113. The fourth-order valence-electron chi connectivity index (χ4n) is 1.99. The van der Waals surface area contributed by atoms with Crippen LogP contribution in [0.25, 0.3) is 0 Å². The van der Waals surface area contributed by atoms with Crippen LogP contribution in [0.5, 0.6) is 0 Å². The number of amides is 1. The number of thioether (sulfide) groups is 1. The molecule has 1 amide bonds. The second-order valence-electron chi connectivity index (χ2n) is 5.09. The van der Waals surface area contributed by atoms with E-state index in [0.717, 1.165) is 10.5 Å². The van der Waals surface area contributed by atoms with Crippen LogP contribution in [0.2, 0.25) is 0 Å². The zero-order chi connectivity index (χ0) is 17.6. The lowest BCUT2D eigenvalue weighted by Gasteiger charge is -2.01. The Morgan fingerprint density at radius 1 is 1.00 bits per heavy atom. The predicted octanol–water partition coefficient (Wildman–Crippen LogP) is 3.67. The monoisotopic (exact) mass is 361 g/mol. The molecule has 3 rings (SSSR count). The van der Waals surface area contributed by atoms with Gasteiger partial charge in [-0.2, -0.15) is 0 Å². The van der Waals surface area contributed by atoms with Gasteiger partial charge in [-0.1, -0.05) is 17.2 Å². The lowest BCUT2D eigenvalue weighted by Crippen LogP contribution is -2.14. The number of benzene rings is 2. The molecule has 0 aliphatic carbocycles. The maximum atomic E-state index is 12.9. The van der Waals surface area contributed by atoms with Crippen LogP contribution in [0.1, 0.15) is 11.5 Å². The van der Waals surface area contributed by atoms with Crippen molar-refractivity contribution < 1.29 is 18.0 Å². The van der Waals surface area contributed by atoms with Crippen LogP contribution in [0, 0.1) is 11.6 Å². The predicted molar refractivity (Wildman–Crippen MR) is 89.3 cm³/mol. The number of aromatic nitrogens is 2. The van der Waals surface area contributed by atoms with E-state index in [1.54, 1.807) is 24.3 Å². The Balaban J connectivity index is 1.51. The Morgan fingerprint density at radius 2 is 1.64 bits per heavy atom. The topological polar surface area (TPSA) is 68.0 Å². The Hall–Kier alpha value is -2.74. The number of anilines is 1. The molecule has 1 heterocycles. The highest BCUT2D eigenvalue weighted by Gasteiger charge is 2.11. The molecule has 0 saturated heterocycles. The molecular formula is C17H13F2N3O2S. The highest BCUT2D eigenvalue weighted by molar-refractivity contribution is 8.00. The van der Waals surface area contributed by atoms with Crippen LogP contribution in [-0.2, 0) is 11.2 Å². The van der Waals surface area contributed by atoms with Gasteiger partial charge in [-0.05, 0) is 42.0 Å². The second kappa shape index (κ2) is 7.89. The fraction of sp³-hybridized carbons (Fsp3) is 0.118. The van der Waals surface area contributed by atoms with Gasteiger partial charge in [0.1, 0.15) is 11.6 Å². The highest BCUT2D eigenvalue weighted by atomic mass is 32.2. The van der Waals surface area contributed by atoms with Crippen LogP contribution >= 0.6 is 11.8 Å². The summed E-state index contributed by atoms with van der Waals surface area (Å²) in [6.07, 6.45) is 0.341. The maximum absolute atomic E-state index is 12.9. The molecule has 5 nitrogen and oxygen atoms in total. The molecule has 25 heavy (non-hydrogen) atoms. The van der Waals surface area contributed by atoms with E-state index in [0.29, 0.717) is 12.3 Å². The van der Waals surface area contributed by atoms with E-state index < -0.39 is 0 Å². The van der Waals surface area contributed by atoms with Gasteiger partial charge >= 0.3 is 6.01 Å². The molecule has 0 aliphatic rings. The number of nitrogens with zero attached hydrogens (tertiary/aromatic N) is 2. The van der Waals surface area contributed by atoms with Gasteiger partial charge in [0.05, 0.1) is 12.2 Å². The Kier molecular flexibility index (Phi) is 5.39. The van der Waals surface area contributed by atoms with E-state index in [1.165, 1.54) is 36.0 Å². The number of carbonyl (C=O) groups excluding carboxylic acids is 1. The molecule has 0 saturated carbocycles. The minimum atomic E-state index is -0.326. The first kappa shape index (κ1) is 17.1. The van der Waals surface area contributed by atoms with Crippen molar-refractivity contribution in [3.05, 3.63) is 71.6 Å². The van der Waals surface area contributed by atoms with E-state index in [-0.39, 0.29) is 29.3 Å². The summed E-state index contributed by atoms with van der Waals surface area (Å²) in [7, 11) is 0. The molecule has 2 aromatic carbocycles. The highest BCUT2D eigenvalue weighted by Crippen LogP contribution is 2.18. The molecular weight excluding hydrogens is 348 g/mol. The van der Waals surface area contributed by atoms with E-state index in [9.17, 15) is 13.6 Å². The molecule has 0 radical (unpaired) electrons. The van der Waals surface area contributed by atoms with Crippen LogP contribution < -0.4 is 5.32 Å². The Bertz CT molecular complexity index is 851. The number of hydrogen-bond donors (Lipinski definition) is 1. The molecule has 0 aliphatic heterocycles. The van der Waals surface area contributed by atoms with Gasteiger partial charge in [-0.25, -0.2) is 8.78 Å². The molecule has 1 N–H and O–H groups in total. The molecule has 8 heteroatoms. The zero-order valence-corrected chi connectivity index (χ0v) is 13.7. The number of nitrogens with one attached hydrogen (secondary N) is 1. The van der Waals surface area contributed by atoms with Gasteiger partial charge in [0.2, 0.25) is 11.8 Å². The Labute approximate surface area is 146 Å². The third kappa shape index (κ3) is 5.12. The summed E-state index contributed by atoms with van der Waals surface area (Å²) in [6.45, 7) is 0. The number of carbonyl (C=O) groups is 1. The molecule has 0 spiro atoms. The summed E-state index contributed by atoms with van der Waals surface area (Å²) in [5, 5.41) is 10.1. The summed E-state index contributed by atoms with van der Waals surface area (Å²) in [6, 6.07) is 11.8. The maximum Gasteiger partial charge on any atom is 0.322 e. The van der Waals surface area contributed by atoms with Crippen LogP contribution in [-0.4, -0.2) is 21.9 Å². The van der Waals surface area contributed by atoms with Crippen molar-refractivity contribution in [3.8, 4) is 0 Å². The molecule has 0 fully saturated rings. The van der Waals surface area contributed by atoms with Gasteiger partial charge in [-0.15, -0.1) is 16.9 Å². The molecule has 0 bridgehead atoms. The average Bonchev–Trinajstić information content (AvgIpc) is 3.03. The first-order valence-electron chi connectivity index (χ1n) is 7.33. The van der Waals surface area contributed by atoms with Crippen molar-refractivity contribution >= 4 is 23.7 Å². The fourth-order valence-corrected chi connectivity index (χ4v) is 2.69. The van der Waals surface area contributed by atoms with E-state index in [2.05, 4.69) is 15.5 Å². The van der Waals surface area contributed by atoms with Crippen molar-refractivity contribution in [2.75, 3.05) is 11.1 Å². The van der Waals surface area contributed by atoms with Gasteiger partial charge < -0.3 is 4.42 Å². The molecule has 0 atom stereocenters. The third-order valence-corrected chi connectivity index (χ3v) is 4.18. The quantitative estimate of drug-likeness (QED) is 0.679. The standard InChI is InChI=1S/C17H13F2N3O2S/c18-12-3-1-11(2-4-12)9-16-21-22-17(24-16)20-15(23)10-25-14-7-5-13(19)6-8-14/h1-8H,9-10H2,(H,20,22,23). The largest absolute Gasteiger partial charge is 0.407 e. The minimum absolute atomic E-state index is 0.00168. The van der Waals surface area contributed by atoms with Gasteiger partial charge in [0.25, 0.3) is 0 Å². The first-order chi connectivity index (χ1) is 12.1.